The molecule has 1 aromatic rings. The van der Waals surface area contributed by atoms with Crippen molar-refractivity contribution in [2.24, 2.45) is 0 Å². The van der Waals surface area contributed by atoms with Crippen LogP contribution < -0.4 is 0 Å². The molecule has 2 fully saturated rings. The van der Waals surface area contributed by atoms with Gasteiger partial charge in [0.1, 0.15) is 11.9 Å². The number of nitrogens with zero attached hydrogens (tertiary/aromatic N) is 4. The lowest BCUT2D eigenvalue weighted by Gasteiger charge is -2.36. The van der Waals surface area contributed by atoms with Crippen LogP contribution in [0.3, 0.4) is 0 Å². The largest absolute Gasteiger partial charge is 0.331 e. The van der Waals surface area contributed by atoms with Crippen molar-refractivity contribution in [3.63, 3.8) is 0 Å². The minimum atomic E-state index is -0.111. The van der Waals surface area contributed by atoms with Gasteiger partial charge in [-0.2, -0.15) is 0 Å². The number of fused-ring (bicyclic) bond motifs is 3. The molecular formula is C13H18N4O. The fraction of sp³-hybridized carbons (Fsp3) is 0.769. The van der Waals surface area contributed by atoms with Gasteiger partial charge in [-0.25, -0.2) is 0 Å². The Kier molecular flexibility index (Phi) is 2.08. The molecule has 2 aliphatic heterocycles. The van der Waals surface area contributed by atoms with Gasteiger partial charge in [0.2, 0.25) is 5.91 Å². The minimum Gasteiger partial charge on any atom is -0.331 e. The lowest BCUT2D eigenvalue weighted by atomic mass is 9.84. The van der Waals surface area contributed by atoms with Gasteiger partial charge in [0.05, 0.1) is 6.04 Å². The molecule has 0 bridgehead atoms. The van der Waals surface area contributed by atoms with Gasteiger partial charge in [0.15, 0.2) is 5.82 Å². The van der Waals surface area contributed by atoms with Crippen LogP contribution >= 0.6 is 0 Å². The molecule has 4 rings (SSSR count). The van der Waals surface area contributed by atoms with Crippen molar-refractivity contribution in [2.75, 3.05) is 6.54 Å². The highest BCUT2D eigenvalue weighted by Gasteiger charge is 2.43. The molecule has 0 N–H and O–H groups in total. The molecule has 96 valence electrons. The van der Waals surface area contributed by atoms with Gasteiger partial charge in [0.25, 0.3) is 0 Å². The molecular weight excluding hydrogens is 228 g/mol. The molecule has 0 unspecified atom stereocenters. The highest BCUT2D eigenvalue weighted by Crippen LogP contribution is 2.42. The van der Waals surface area contributed by atoms with Crippen LogP contribution in [0.15, 0.2) is 0 Å². The zero-order valence-electron chi connectivity index (χ0n) is 10.7. The molecule has 5 nitrogen and oxygen atoms in total. The maximum atomic E-state index is 12.4. The summed E-state index contributed by atoms with van der Waals surface area (Å²) >= 11 is 0. The van der Waals surface area contributed by atoms with E-state index in [9.17, 15) is 4.79 Å². The van der Waals surface area contributed by atoms with Crippen LogP contribution in [0.25, 0.3) is 0 Å². The summed E-state index contributed by atoms with van der Waals surface area (Å²) in [5, 5.41) is 8.81. The summed E-state index contributed by atoms with van der Waals surface area (Å²) in [5.74, 6) is 2.88. The first-order valence-electron chi connectivity index (χ1n) is 7.02. The van der Waals surface area contributed by atoms with E-state index in [2.05, 4.69) is 14.8 Å². The first kappa shape index (κ1) is 10.5. The van der Waals surface area contributed by atoms with E-state index in [-0.39, 0.29) is 18.0 Å². The Hall–Kier alpha value is -1.39. The Labute approximate surface area is 106 Å². The molecule has 3 heterocycles. The number of aromatic nitrogens is 3. The fourth-order valence-corrected chi connectivity index (χ4v) is 3.53. The van der Waals surface area contributed by atoms with Crippen molar-refractivity contribution < 1.29 is 4.79 Å². The molecule has 0 radical (unpaired) electrons. The van der Waals surface area contributed by atoms with Gasteiger partial charge < -0.3 is 9.47 Å². The van der Waals surface area contributed by atoms with E-state index < -0.39 is 0 Å². The van der Waals surface area contributed by atoms with Crippen LogP contribution in [0.1, 0.15) is 68.7 Å². The second-order valence-electron chi connectivity index (χ2n) is 5.78. The van der Waals surface area contributed by atoms with Crippen molar-refractivity contribution in [2.45, 2.75) is 57.0 Å². The lowest BCUT2D eigenvalue weighted by molar-refractivity contribution is -0.137. The molecule has 0 spiro atoms. The molecule has 5 heteroatoms. The zero-order valence-corrected chi connectivity index (χ0v) is 10.7. The molecule has 0 aromatic carbocycles. The van der Waals surface area contributed by atoms with Gasteiger partial charge >= 0.3 is 0 Å². The second-order valence-corrected chi connectivity index (χ2v) is 5.78. The average molecular weight is 246 g/mol. The maximum absolute atomic E-state index is 12.4. The van der Waals surface area contributed by atoms with E-state index in [4.69, 9.17) is 0 Å². The molecule has 1 aliphatic carbocycles. The van der Waals surface area contributed by atoms with E-state index in [1.54, 1.807) is 0 Å². The highest BCUT2D eigenvalue weighted by molar-refractivity contribution is 5.82. The number of hydrogen-bond acceptors (Lipinski definition) is 3. The van der Waals surface area contributed by atoms with Crippen LogP contribution in [0, 0.1) is 0 Å². The SMILES string of the molecule is C[C@H]1C(=O)N2CCC[C@H]2c2nnc(C3CCC3)n21. The molecule has 1 aromatic heterocycles. The second kappa shape index (κ2) is 3.56. The Morgan fingerprint density at radius 2 is 1.89 bits per heavy atom. The van der Waals surface area contributed by atoms with Crippen LogP contribution in [0.4, 0.5) is 0 Å². The number of carbonyl (C=O) groups is 1. The normalized spacial score (nSPS) is 31.2. The topological polar surface area (TPSA) is 51.0 Å². The predicted molar refractivity (Wildman–Crippen MR) is 65.0 cm³/mol. The van der Waals surface area contributed by atoms with Crippen molar-refractivity contribution in [1.82, 2.24) is 19.7 Å². The van der Waals surface area contributed by atoms with Crippen molar-refractivity contribution in [3.05, 3.63) is 11.6 Å². The smallest absolute Gasteiger partial charge is 0.246 e. The summed E-state index contributed by atoms with van der Waals surface area (Å²) in [6.45, 7) is 2.88. The monoisotopic (exact) mass is 246 g/mol. The van der Waals surface area contributed by atoms with E-state index in [1.807, 2.05) is 11.8 Å². The van der Waals surface area contributed by atoms with E-state index in [1.165, 1.54) is 19.3 Å². The van der Waals surface area contributed by atoms with Crippen LogP contribution in [-0.2, 0) is 4.79 Å². The number of carbonyl (C=O) groups excluding carboxylic acids is 1. The number of rotatable bonds is 1. The summed E-state index contributed by atoms with van der Waals surface area (Å²) in [5.41, 5.74) is 0. The van der Waals surface area contributed by atoms with Crippen molar-refractivity contribution >= 4 is 5.91 Å². The van der Waals surface area contributed by atoms with Crippen molar-refractivity contribution in [3.8, 4) is 0 Å². The van der Waals surface area contributed by atoms with Crippen LogP contribution in [-0.4, -0.2) is 32.1 Å². The molecule has 1 amide bonds. The summed E-state index contributed by atoms with van der Waals surface area (Å²) < 4.78 is 2.14. The zero-order chi connectivity index (χ0) is 12.3. The highest BCUT2D eigenvalue weighted by atomic mass is 16.2. The van der Waals surface area contributed by atoms with E-state index in [0.29, 0.717) is 5.92 Å². The van der Waals surface area contributed by atoms with Gasteiger partial charge in [-0.15, -0.1) is 10.2 Å². The van der Waals surface area contributed by atoms with Crippen LogP contribution in [0.5, 0.6) is 0 Å². The van der Waals surface area contributed by atoms with Gasteiger partial charge in [0, 0.05) is 12.5 Å². The Morgan fingerprint density at radius 3 is 2.61 bits per heavy atom. The van der Waals surface area contributed by atoms with Gasteiger partial charge in [-0.1, -0.05) is 6.42 Å². The summed E-state index contributed by atoms with van der Waals surface area (Å²) in [4.78, 5) is 14.4. The van der Waals surface area contributed by atoms with Gasteiger partial charge in [-0.05, 0) is 32.6 Å². The first-order valence-corrected chi connectivity index (χ1v) is 7.02. The molecule has 1 saturated heterocycles. The number of amides is 1. The molecule has 1 saturated carbocycles. The first-order chi connectivity index (χ1) is 8.77. The minimum absolute atomic E-state index is 0.111. The van der Waals surface area contributed by atoms with Gasteiger partial charge in [-0.3, -0.25) is 4.79 Å². The summed E-state index contributed by atoms with van der Waals surface area (Å²) in [7, 11) is 0. The van der Waals surface area contributed by atoms with Crippen molar-refractivity contribution in [1.29, 1.82) is 0 Å². The van der Waals surface area contributed by atoms with Crippen LogP contribution in [0.2, 0.25) is 0 Å². The average Bonchev–Trinajstić information content (AvgIpc) is 2.89. The van der Waals surface area contributed by atoms with E-state index >= 15 is 0 Å². The summed E-state index contributed by atoms with van der Waals surface area (Å²) in [6, 6.07) is 0.0787. The summed E-state index contributed by atoms with van der Waals surface area (Å²) in [6.07, 6.45) is 5.82. The lowest BCUT2D eigenvalue weighted by Crippen LogP contribution is -2.42. The molecule has 3 aliphatic rings. The third-order valence-electron chi connectivity index (χ3n) is 4.80. The molecule has 18 heavy (non-hydrogen) atoms. The predicted octanol–water partition coefficient (Wildman–Crippen LogP) is 1.78. The fourth-order valence-electron chi connectivity index (χ4n) is 3.53. The maximum Gasteiger partial charge on any atom is 0.246 e. The Balaban J connectivity index is 1.82. The third-order valence-corrected chi connectivity index (χ3v) is 4.80. The third kappa shape index (κ3) is 1.19. The Bertz CT molecular complexity index is 505. The number of hydrogen-bond donors (Lipinski definition) is 0. The standard InChI is InChI=1S/C13H18N4O/c1-8-13(18)16-7-3-6-10(16)12-15-14-11(17(8)12)9-4-2-5-9/h8-10H,2-7H2,1H3/t8-,10-/m0/s1. The Morgan fingerprint density at radius 1 is 1.11 bits per heavy atom. The quantitative estimate of drug-likeness (QED) is 0.759. The van der Waals surface area contributed by atoms with E-state index in [0.717, 1.165) is 31.0 Å². The molecule has 2 atom stereocenters.